The Kier molecular flexibility index (Phi) is 2.64. The maximum Gasteiger partial charge on any atom is 0.345 e. The van der Waals surface area contributed by atoms with Crippen molar-refractivity contribution >= 4 is 27.5 Å². The summed E-state index contributed by atoms with van der Waals surface area (Å²) in [7, 11) is 1.84. The molecule has 3 aromatic rings. The fourth-order valence-corrected chi connectivity index (χ4v) is 3.06. The quantitative estimate of drug-likeness (QED) is 0.778. The standard InChI is InChI=1S/C14H12N2O2S/c1-8-4-3-5-9(6-8)12-10-7-11(14(17)18)19-13(10)16(2)15-12/h3-7H,1-2H3,(H,17,18). The van der Waals surface area contributed by atoms with Gasteiger partial charge in [0.2, 0.25) is 0 Å². The molecule has 2 heterocycles. The number of carboxylic acids is 1. The van der Waals surface area contributed by atoms with Crippen LogP contribution in [-0.2, 0) is 7.05 Å². The molecule has 0 spiro atoms. The van der Waals surface area contributed by atoms with E-state index in [1.165, 1.54) is 11.3 Å². The molecule has 4 nitrogen and oxygen atoms in total. The molecule has 96 valence electrons. The zero-order valence-corrected chi connectivity index (χ0v) is 11.4. The number of aryl methyl sites for hydroxylation is 2. The summed E-state index contributed by atoms with van der Waals surface area (Å²) in [5, 5.41) is 14.5. The second-order valence-electron chi connectivity index (χ2n) is 4.48. The van der Waals surface area contributed by atoms with Gasteiger partial charge in [-0.3, -0.25) is 4.68 Å². The number of carboxylic acid groups (broad SMARTS) is 1. The van der Waals surface area contributed by atoms with Gasteiger partial charge in [0, 0.05) is 18.0 Å². The Morgan fingerprint density at radius 2 is 2.16 bits per heavy atom. The predicted molar refractivity (Wildman–Crippen MR) is 75.7 cm³/mol. The first-order valence-corrected chi connectivity index (χ1v) is 6.65. The van der Waals surface area contributed by atoms with E-state index < -0.39 is 5.97 Å². The number of hydrogen-bond acceptors (Lipinski definition) is 3. The molecule has 0 radical (unpaired) electrons. The molecule has 0 aliphatic carbocycles. The molecule has 0 aliphatic heterocycles. The average Bonchev–Trinajstić information content (AvgIpc) is 2.90. The molecule has 0 amide bonds. The Morgan fingerprint density at radius 3 is 2.84 bits per heavy atom. The normalized spacial score (nSPS) is 11.1. The highest BCUT2D eigenvalue weighted by atomic mass is 32.1. The summed E-state index contributed by atoms with van der Waals surface area (Å²) in [5.74, 6) is -0.892. The van der Waals surface area contributed by atoms with Gasteiger partial charge in [0.25, 0.3) is 0 Å². The van der Waals surface area contributed by atoms with Gasteiger partial charge >= 0.3 is 5.97 Å². The molecule has 2 aromatic heterocycles. The molecule has 0 saturated carbocycles. The first-order chi connectivity index (χ1) is 9.06. The Hall–Kier alpha value is -2.14. The fraction of sp³-hybridized carbons (Fsp3) is 0.143. The molecule has 0 bridgehead atoms. The lowest BCUT2D eigenvalue weighted by molar-refractivity contribution is 0.0702. The highest BCUT2D eigenvalue weighted by Gasteiger charge is 2.17. The number of thiophene rings is 1. The first-order valence-electron chi connectivity index (χ1n) is 5.83. The predicted octanol–water partition coefficient (Wildman–Crippen LogP) is 3.31. The number of rotatable bonds is 2. The third-order valence-electron chi connectivity index (χ3n) is 3.01. The van der Waals surface area contributed by atoms with Crippen molar-refractivity contribution in [3.05, 3.63) is 40.8 Å². The maximum absolute atomic E-state index is 11.1. The molecule has 0 aliphatic rings. The number of fused-ring (bicyclic) bond motifs is 1. The minimum Gasteiger partial charge on any atom is -0.477 e. The summed E-state index contributed by atoms with van der Waals surface area (Å²) >= 11 is 1.25. The van der Waals surface area contributed by atoms with E-state index in [1.807, 2.05) is 32.2 Å². The van der Waals surface area contributed by atoms with Crippen LogP contribution in [0.25, 0.3) is 21.5 Å². The van der Waals surface area contributed by atoms with Gasteiger partial charge in [-0.25, -0.2) is 4.79 Å². The van der Waals surface area contributed by atoms with E-state index in [4.69, 9.17) is 5.11 Å². The summed E-state index contributed by atoms with van der Waals surface area (Å²) in [4.78, 5) is 12.3. The summed E-state index contributed by atoms with van der Waals surface area (Å²) in [6, 6.07) is 9.76. The number of carbonyl (C=O) groups is 1. The number of benzene rings is 1. The van der Waals surface area contributed by atoms with Crippen LogP contribution in [0.5, 0.6) is 0 Å². The molecular formula is C14H12N2O2S. The maximum atomic E-state index is 11.1. The number of hydrogen-bond donors (Lipinski definition) is 1. The Labute approximate surface area is 113 Å². The molecule has 3 rings (SSSR count). The van der Waals surface area contributed by atoms with Crippen LogP contribution in [0, 0.1) is 6.92 Å². The van der Waals surface area contributed by atoms with Crippen molar-refractivity contribution in [2.45, 2.75) is 6.92 Å². The SMILES string of the molecule is Cc1cccc(-c2nn(C)c3sc(C(=O)O)cc23)c1. The van der Waals surface area contributed by atoms with Crippen molar-refractivity contribution < 1.29 is 9.90 Å². The molecule has 1 aromatic carbocycles. The van der Waals surface area contributed by atoms with E-state index in [1.54, 1.807) is 10.7 Å². The number of aromatic nitrogens is 2. The highest BCUT2D eigenvalue weighted by Crippen LogP contribution is 2.33. The van der Waals surface area contributed by atoms with Crippen molar-refractivity contribution in [2.75, 3.05) is 0 Å². The second-order valence-corrected chi connectivity index (χ2v) is 5.51. The van der Waals surface area contributed by atoms with Crippen LogP contribution in [0.4, 0.5) is 0 Å². The van der Waals surface area contributed by atoms with Crippen molar-refractivity contribution in [2.24, 2.45) is 7.05 Å². The van der Waals surface area contributed by atoms with E-state index in [0.29, 0.717) is 4.88 Å². The molecular weight excluding hydrogens is 260 g/mol. The molecule has 0 fully saturated rings. The van der Waals surface area contributed by atoms with Gasteiger partial charge in [-0.15, -0.1) is 11.3 Å². The lowest BCUT2D eigenvalue weighted by Gasteiger charge is -1.98. The van der Waals surface area contributed by atoms with Crippen LogP contribution in [0.15, 0.2) is 30.3 Å². The minimum absolute atomic E-state index is 0.344. The number of aromatic carboxylic acids is 1. The topological polar surface area (TPSA) is 55.1 Å². The van der Waals surface area contributed by atoms with Gasteiger partial charge in [0.15, 0.2) is 0 Å². The monoisotopic (exact) mass is 272 g/mol. The summed E-state index contributed by atoms with van der Waals surface area (Å²) < 4.78 is 1.74. The van der Waals surface area contributed by atoms with E-state index in [2.05, 4.69) is 11.2 Å². The van der Waals surface area contributed by atoms with Crippen LogP contribution in [0.2, 0.25) is 0 Å². The molecule has 1 N–H and O–H groups in total. The van der Waals surface area contributed by atoms with Gasteiger partial charge in [-0.1, -0.05) is 23.8 Å². The first kappa shape index (κ1) is 11.9. The van der Waals surface area contributed by atoms with Crippen molar-refractivity contribution in [1.29, 1.82) is 0 Å². The van der Waals surface area contributed by atoms with Crippen LogP contribution < -0.4 is 0 Å². The third kappa shape index (κ3) is 1.92. The van der Waals surface area contributed by atoms with Crippen LogP contribution in [0.1, 0.15) is 15.2 Å². The van der Waals surface area contributed by atoms with Gasteiger partial charge in [-0.2, -0.15) is 5.10 Å². The Balaban J connectivity index is 2.26. The second kappa shape index (κ2) is 4.20. The van der Waals surface area contributed by atoms with Gasteiger partial charge in [0.05, 0.1) is 0 Å². The van der Waals surface area contributed by atoms with E-state index in [0.717, 1.165) is 27.0 Å². The van der Waals surface area contributed by atoms with Crippen LogP contribution in [0.3, 0.4) is 0 Å². The Bertz CT molecular complexity index is 786. The number of nitrogens with zero attached hydrogens (tertiary/aromatic N) is 2. The Morgan fingerprint density at radius 1 is 1.37 bits per heavy atom. The molecule has 19 heavy (non-hydrogen) atoms. The zero-order valence-electron chi connectivity index (χ0n) is 10.5. The molecule has 5 heteroatoms. The summed E-state index contributed by atoms with van der Waals surface area (Å²) in [5.41, 5.74) is 3.01. The van der Waals surface area contributed by atoms with Crippen molar-refractivity contribution in [3.63, 3.8) is 0 Å². The molecule has 0 atom stereocenters. The molecule has 0 unspecified atom stereocenters. The lowest BCUT2D eigenvalue weighted by Crippen LogP contribution is -1.92. The third-order valence-corrected chi connectivity index (χ3v) is 4.20. The fourth-order valence-electron chi connectivity index (χ4n) is 2.15. The minimum atomic E-state index is -0.892. The lowest BCUT2D eigenvalue weighted by atomic mass is 10.1. The largest absolute Gasteiger partial charge is 0.477 e. The average molecular weight is 272 g/mol. The smallest absolute Gasteiger partial charge is 0.345 e. The van der Waals surface area contributed by atoms with Crippen molar-refractivity contribution in [3.8, 4) is 11.3 Å². The summed E-state index contributed by atoms with van der Waals surface area (Å²) in [6.07, 6.45) is 0. The zero-order chi connectivity index (χ0) is 13.6. The van der Waals surface area contributed by atoms with Crippen molar-refractivity contribution in [1.82, 2.24) is 9.78 Å². The van der Waals surface area contributed by atoms with E-state index in [9.17, 15) is 4.79 Å². The van der Waals surface area contributed by atoms with Crippen LogP contribution >= 0.6 is 11.3 Å². The van der Waals surface area contributed by atoms with E-state index in [-0.39, 0.29) is 0 Å². The van der Waals surface area contributed by atoms with Gasteiger partial charge in [-0.05, 0) is 19.1 Å². The summed E-state index contributed by atoms with van der Waals surface area (Å²) in [6.45, 7) is 2.03. The van der Waals surface area contributed by atoms with Crippen LogP contribution in [-0.4, -0.2) is 20.9 Å². The van der Waals surface area contributed by atoms with E-state index >= 15 is 0 Å². The van der Waals surface area contributed by atoms with Gasteiger partial charge in [0.1, 0.15) is 15.4 Å². The van der Waals surface area contributed by atoms with Gasteiger partial charge < -0.3 is 5.11 Å². The highest BCUT2D eigenvalue weighted by molar-refractivity contribution is 7.20. The molecule has 0 saturated heterocycles.